The van der Waals surface area contributed by atoms with Gasteiger partial charge in [-0.15, -0.1) is 0 Å². The number of ether oxygens (including phenoxy) is 1. The minimum absolute atomic E-state index is 0.307. The van der Waals surface area contributed by atoms with Crippen LogP contribution in [0.5, 0.6) is 0 Å². The van der Waals surface area contributed by atoms with E-state index in [2.05, 4.69) is 10.6 Å². The summed E-state index contributed by atoms with van der Waals surface area (Å²) in [5.74, 6) is 0. The highest BCUT2D eigenvalue weighted by atomic mass is 16.5. The van der Waals surface area contributed by atoms with Crippen molar-refractivity contribution in [2.24, 2.45) is 0 Å². The highest BCUT2D eigenvalue weighted by Gasteiger charge is 2.21. The van der Waals surface area contributed by atoms with Crippen LogP contribution >= 0.6 is 0 Å². The molecule has 20 heavy (non-hydrogen) atoms. The van der Waals surface area contributed by atoms with Crippen molar-refractivity contribution in [3.63, 3.8) is 0 Å². The third-order valence-corrected chi connectivity index (χ3v) is 2.91. The summed E-state index contributed by atoms with van der Waals surface area (Å²) in [6.07, 6.45) is -1.50. The van der Waals surface area contributed by atoms with Crippen LogP contribution in [0.2, 0.25) is 0 Å². The van der Waals surface area contributed by atoms with Crippen LogP contribution in [-0.4, -0.2) is 55.3 Å². The molecular weight excluding hydrogens is 260 g/mol. The first-order chi connectivity index (χ1) is 9.63. The van der Waals surface area contributed by atoms with Crippen LogP contribution < -0.4 is 10.6 Å². The van der Waals surface area contributed by atoms with E-state index in [0.29, 0.717) is 26.1 Å². The van der Waals surface area contributed by atoms with E-state index in [1.54, 1.807) is 7.11 Å². The predicted molar refractivity (Wildman–Crippen MR) is 75.8 cm³/mol. The van der Waals surface area contributed by atoms with E-state index in [9.17, 15) is 9.90 Å². The third-order valence-electron chi connectivity index (χ3n) is 2.91. The number of benzene rings is 1. The average molecular weight is 282 g/mol. The number of hydrogen-bond acceptors (Lipinski definition) is 4. The number of aliphatic hydroxyl groups is 1. The highest BCUT2D eigenvalue weighted by molar-refractivity contribution is 5.65. The van der Waals surface area contributed by atoms with Gasteiger partial charge < -0.3 is 25.6 Å². The Morgan fingerprint density at radius 3 is 2.65 bits per heavy atom. The summed E-state index contributed by atoms with van der Waals surface area (Å²) >= 11 is 0. The van der Waals surface area contributed by atoms with Crippen molar-refractivity contribution in [1.29, 1.82) is 0 Å². The summed E-state index contributed by atoms with van der Waals surface area (Å²) in [7, 11) is 1.60. The van der Waals surface area contributed by atoms with Crippen molar-refractivity contribution in [2.75, 3.05) is 26.8 Å². The van der Waals surface area contributed by atoms with Crippen LogP contribution in [0.4, 0.5) is 4.79 Å². The van der Waals surface area contributed by atoms with E-state index in [1.165, 1.54) is 0 Å². The van der Waals surface area contributed by atoms with E-state index >= 15 is 0 Å². The zero-order valence-corrected chi connectivity index (χ0v) is 11.6. The lowest BCUT2D eigenvalue weighted by Crippen LogP contribution is -2.48. The molecule has 0 saturated carbocycles. The molecule has 1 aromatic carbocycles. The maximum atomic E-state index is 10.8. The zero-order chi connectivity index (χ0) is 14.8. The van der Waals surface area contributed by atoms with Gasteiger partial charge in [-0.05, 0) is 12.0 Å². The molecule has 0 aromatic heterocycles. The Hall–Kier alpha value is -1.63. The number of rotatable bonds is 9. The molecule has 6 nitrogen and oxygen atoms in total. The Morgan fingerprint density at radius 2 is 2.05 bits per heavy atom. The van der Waals surface area contributed by atoms with Gasteiger partial charge in [0, 0.05) is 20.2 Å². The van der Waals surface area contributed by atoms with E-state index in [0.717, 1.165) is 5.56 Å². The molecule has 0 aliphatic rings. The Bertz CT molecular complexity index is 386. The second-order valence-corrected chi connectivity index (χ2v) is 4.51. The highest BCUT2D eigenvalue weighted by Crippen LogP contribution is 2.06. The zero-order valence-electron chi connectivity index (χ0n) is 11.6. The molecule has 1 amide bonds. The number of carbonyl (C=O) groups is 1. The first kappa shape index (κ1) is 16.4. The SMILES string of the molecule is COCCNC[C@@H](O)[C@H](Cc1ccccc1)NC(=O)O. The molecule has 0 aliphatic carbocycles. The molecule has 2 atom stereocenters. The fraction of sp³-hybridized carbons (Fsp3) is 0.500. The van der Waals surface area contributed by atoms with Gasteiger partial charge >= 0.3 is 6.09 Å². The molecule has 0 saturated heterocycles. The van der Waals surface area contributed by atoms with Crippen molar-refractivity contribution in [3.05, 3.63) is 35.9 Å². The van der Waals surface area contributed by atoms with Gasteiger partial charge in [-0.3, -0.25) is 0 Å². The normalized spacial score (nSPS) is 13.7. The van der Waals surface area contributed by atoms with E-state index < -0.39 is 18.2 Å². The summed E-state index contributed by atoms with van der Waals surface area (Å²) < 4.78 is 4.89. The number of amides is 1. The Kier molecular flexibility index (Phi) is 7.64. The smallest absolute Gasteiger partial charge is 0.404 e. The van der Waals surface area contributed by atoms with Crippen LogP contribution in [0.3, 0.4) is 0 Å². The summed E-state index contributed by atoms with van der Waals surface area (Å²) in [4.78, 5) is 10.8. The number of aliphatic hydroxyl groups excluding tert-OH is 1. The topological polar surface area (TPSA) is 90.8 Å². The summed E-state index contributed by atoms with van der Waals surface area (Å²) in [6, 6.07) is 8.92. The van der Waals surface area contributed by atoms with Gasteiger partial charge in [0.25, 0.3) is 0 Å². The van der Waals surface area contributed by atoms with Crippen LogP contribution in [0.25, 0.3) is 0 Å². The molecule has 4 N–H and O–H groups in total. The minimum Gasteiger partial charge on any atom is -0.465 e. The van der Waals surface area contributed by atoms with Crippen molar-refractivity contribution in [3.8, 4) is 0 Å². The molecule has 0 bridgehead atoms. The maximum Gasteiger partial charge on any atom is 0.404 e. The standard InChI is InChI=1S/C14H22N2O4/c1-20-8-7-15-10-13(17)12(16-14(18)19)9-11-5-3-2-4-6-11/h2-6,12-13,15-17H,7-10H2,1H3,(H,18,19)/t12-,13+/m0/s1. The lowest BCUT2D eigenvalue weighted by Gasteiger charge is -2.23. The van der Waals surface area contributed by atoms with Gasteiger partial charge in [0.1, 0.15) is 0 Å². The lowest BCUT2D eigenvalue weighted by molar-refractivity contribution is 0.114. The van der Waals surface area contributed by atoms with Gasteiger partial charge in [-0.25, -0.2) is 4.79 Å². The number of nitrogens with one attached hydrogen (secondary N) is 2. The third kappa shape index (κ3) is 6.51. The van der Waals surface area contributed by atoms with Crippen LogP contribution in [0, 0.1) is 0 Å². The Labute approximate surface area is 118 Å². The van der Waals surface area contributed by atoms with Crippen LogP contribution in [0.15, 0.2) is 30.3 Å². The Balaban J connectivity index is 2.52. The molecule has 6 heteroatoms. The second kappa shape index (κ2) is 9.30. The first-order valence-corrected chi connectivity index (χ1v) is 6.54. The number of carboxylic acid groups (broad SMARTS) is 1. The van der Waals surface area contributed by atoms with Gasteiger partial charge in [0.2, 0.25) is 0 Å². The maximum absolute atomic E-state index is 10.8. The molecule has 112 valence electrons. The van der Waals surface area contributed by atoms with Crippen molar-refractivity contribution < 1.29 is 19.7 Å². The fourth-order valence-corrected chi connectivity index (χ4v) is 1.88. The van der Waals surface area contributed by atoms with Crippen LogP contribution in [0.1, 0.15) is 5.56 Å². The quantitative estimate of drug-likeness (QED) is 0.494. The second-order valence-electron chi connectivity index (χ2n) is 4.51. The molecule has 0 spiro atoms. The average Bonchev–Trinajstić information content (AvgIpc) is 2.43. The van der Waals surface area contributed by atoms with Gasteiger partial charge in [0.05, 0.1) is 18.8 Å². The molecule has 0 heterocycles. The summed E-state index contributed by atoms with van der Waals surface area (Å²) in [5, 5.41) is 24.3. The Morgan fingerprint density at radius 1 is 1.35 bits per heavy atom. The van der Waals surface area contributed by atoms with Crippen molar-refractivity contribution in [2.45, 2.75) is 18.6 Å². The minimum atomic E-state index is -1.14. The molecule has 0 fully saturated rings. The molecule has 1 rings (SSSR count). The van der Waals surface area contributed by atoms with E-state index in [-0.39, 0.29) is 0 Å². The van der Waals surface area contributed by atoms with Crippen molar-refractivity contribution >= 4 is 6.09 Å². The fourth-order valence-electron chi connectivity index (χ4n) is 1.88. The molecule has 0 aliphatic heterocycles. The largest absolute Gasteiger partial charge is 0.465 e. The molecular formula is C14H22N2O4. The lowest BCUT2D eigenvalue weighted by atomic mass is 10.0. The van der Waals surface area contributed by atoms with E-state index in [4.69, 9.17) is 9.84 Å². The van der Waals surface area contributed by atoms with Gasteiger partial charge in [0.15, 0.2) is 0 Å². The van der Waals surface area contributed by atoms with Gasteiger partial charge in [-0.2, -0.15) is 0 Å². The number of methoxy groups -OCH3 is 1. The van der Waals surface area contributed by atoms with Crippen molar-refractivity contribution in [1.82, 2.24) is 10.6 Å². The first-order valence-electron chi connectivity index (χ1n) is 6.54. The van der Waals surface area contributed by atoms with Gasteiger partial charge in [-0.1, -0.05) is 30.3 Å². The monoisotopic (exact) mass is 282 g/mol. The number of hydrogen-bond donors (Lipinski definition) is 4. The summed E-state index contributed by atoms with van der Waals surface area (Å²) in [5.41, 5.74) is 0.974. The van der Waals surface area contributed by atoms with E-state index in [1.807, 2.05) is 30.3 Å². The summed E-state index contributed by atoms with van der Waals surface area (Å²) in [6.45, 7) is 1.46. The van der Waals surface area contributed by atoms with Crippen LogP contribution in [-0.2, 0) is 11.2 Å². The predicted octanol–water partition coefficient (Wildman–Crippen LogP) is 0.462. The molecule has 0 radical (unpaired) electrons. The molecule has 1 aromatic rings. The molecule has 0 unspecified atom stereocenters.